The topological polar surface area (TPSA) is 102 Å². The Kier molecular flexibility index (Phi) is 8.07. The molecule has 8 nitrogen and oxygen atoms in total. The summed E-state index contributed by atoms with van der Waals surface area (Å²) < 4.78 is 1.74. The molecule has 0 bridgehead atoms. The molecule has 0 radical (unpaired) electrons. The van der Waals surface area contributed by atoms with Crippen LogP contribution < -0.4 is 10.6 Å². The number of benzene rings is 2. The summed E-state index contributed by atoms with van der Waals surface area (Å²) in [6, 6.07) is 14.0. The van der Waals surface area contributed by atoms with Crippen molar-refractivity contribution in [3.05, 3.63) is 75.3 Å². The zero-order valence-electron chi connectivity index (χ0n) is 18.7. The maximum absolute atomic E-state index is 12.6. The lowest BCUT2D eigenvalue weighted by molar-refractivity contribution is -0.113. The predicted molar refractivity (Wildman–Crippen MR) is 140 cm³/mol. The summed E-state index contributed by atoms with van der Waals surface area (Å²) in [5, 5.41) is 17.7. The van der Waals surface area contributed by atoms with Crippen molar-refractivity contribution in [3.8, 4) is 11.3 Å². The summed E-state index contributed by atoms with van der Waals surface area (Å²) in [5.41, 5.74) is 2.12. The van der Waals surface area contributed by atoms with Crippen LogP contribution in [-0.2, 0) is 11.8 Å². The molecule has 0 fully saturated rings. The van der Waals surface area contributed by atoms with Gasteiger partial charge in [-0.25, -0.2) is 4.98 Å². The second-order valence-electron chi connectivity index (χ2n) is 7.46. The van der Waals surface area contributed by atoms with Gasteiger partial charge in [0.05, 0.1) is 28.1 Å². The van der Waals surface area contributed by atoms with Gasteiger partial charge in [0.2, 0.25) is 5.91 Å². The third-order valence-corrected chi connectivity index (χ3v) is 7.26. The van der Waals surface area contributed by atoms with Crippen molar-refractivity contribution in [3.63, 3.8) is 0 Å². The van der Waals surface area contributed by atoms with Crippen molar-refractivity contribution < 1.29 is 9.59 Å². The number of thiazole rings is 1. The van der Waals surface area contributed by atoms with E-state index >= 15 is 0 Å². The minimum absolute atomic E-state index is 0.132. The minimum atomic E-state index is -0.443. The van der Waals surface area contributed by atoms with E-state index in [2.05, 4.69) is 25.8 Å². The van der Waals surface area contributed by atoms with Crippen LogP contribution in [0.2, 0.25) is 10.0 Å². The Balaban J connectivity index is 1.33. The normalized spacial score (nSPS) is 11.8. The molecule has 12 heteroatoms. The lowest BCUT2D eigenvalue weighted by Gasteiger charge is -2.14. The number of carbonyl (C=O) groups excluding carboxylic acids is 2. The number of carbonyl (C=O) groups is 2. The largest absolute Gasteiger partial charge is 0.342 e. The molecule has 2 N–H and O–H groups in total. The average Bonchev–Trinajstić information content (AvgIpc) is 3.44. The first-order valence-corrected chi connectivity index (χ1v) is 13.0. The van der Waals surface area contributed by atoms with Crippen LogP contribution >= 0.6 is 46.3 Å². The molecule has 0 spiro atoms. The van der Waals surface area contributed by atoms with Gasteiger partial charge in [0.1, 0.15) is 0 Å². The number of amides is 2. The number of halogens is 2. The fourth-order valence-corrected chi connectivity index (χ4v) is 5.15. The van der Waals surface area contributed by atoms with Crippen LogP contribution in [0, 0.1) is 0 Å². The third kappa shape index (κ3) is 6.21. The smallest absolute Gasteiger partial charge is 0.253 e. The number of hydrogen-bond acceptors (Lipinski definition) is 7. The number of aromatic nitrogens is 4. The second kappa shape index (κ2) is 11.2. The summed E-state index contributed by atoms with van der Waals surface area (Å²) in [6.45, 7) is 1.79. The number of nitrogens with zero attached hydrogens (tertiary/aromatic N) is 4. The fourth-order valence-electron chi connectivity index (χ4n) is 3.20. The van der Waals surface area contributed by atoms with Gasteiger partial charge in [-0.3, -0.25) is 9.59 Å². The third-order valence-electron chi connectivity index (χ3n) is 4.93. The maximum atomic E-state index is 12.6. The molecule has 4 aromatic rings. The van der Waals surface area contributed by atoms with E-state index in [1.54, 1.807) is 30.7 Å². The number of thioether (sulfide) groups is 1. The minimum Gasteiger partial charge on any atom is -0.342 e. The molecule has 0 unspecified atom stereocenters. The van der Waals surface area contributed by atoms with Gasteiger partial charge >= 0.3 is 0 Å². The molecule has 35 heavy (non-hydrogen) atoms. The van der Waals surface area contributed by atoms with Crippen molar-refractivity contribution in [1.29, 1.82) is 0 Å². The quantitative estimate of drug-likeness (QED) is 0.284. The Morgan fingerprint density at radius 1 is 1.14 bits per heavy atom. The first-order chi connectivity index (χ1) is 16.8. The molecule has 1 atom stereocenters. The standard InChI is InChI=1S/C23H20Cl2N6O2S2/c1-13(26-21(33)16-9-8-15(24)10-17(16)25)20-29-30-23(31(20)2)35-12-19(32)28-22-27-18(11-34-22)14-6-4-3-5-7-14/h3-11,13H,12H2,1-2H3,(H,26,33)(H,27,28,32)/t13-/m0/s1. The van der Waals surface area contributed by atoms with Crippen molar-refractivity contribution in [2.75, 3.05) is 11.1 Å². The predicted octanol–water partition coefficient (Wildman–Crippen LogP) is 5.47. The molecule has 0 aliphatic carbocycles. The van der Waals surface area contributed by atoms with Crippen LogP contribution in [0.15, 0.2) is 59.1 Å². The SMILES string of the molecule is C[C@H](NC(=O)c1ccc(Cl)cc1Cl)c1nnc(SCC(=O)Nc2nc(-c3ccccc3)cs2)n1C. The van der Waals surface area contributed by atoms with Crippen LogP contribution in [-0.4, -0.2) is 37.3 Å². The van der Waals surface area contributed by atoms with Crippen molar-refractivity contribution in [2.45, 2.75) is 18.1 Å². The molecule has 0 aliphatic rings. The van der Waals surface area contributed by atoms with E-state index in [0.29, 0.717) is 26.7 Å². The highest BCUT2D eigenvalue weighted by Gasteiger charge is 2.20. The summed E-state index contributed by atoms with van der Waals surface area (Å²) in [6.07, 6.45) is 0. The number of anilines is 1. The second-order valence-corrected chi connectivity index (χ2v) is 10.1. The summed E-state index contributed by atoms with van der Waals surface area (Å²) in [5.74, 6) is 0.118. The Hall–Kier alpha value is -2.92. The van der Waals surface area contributed by atoms with Gasteiger partial charge in [0.25, 0.3) is 5.91 Å². The molecule has 2 heterocycles. The average molecular weight is 547 g/mol. The van der Waals surface area contributed by atoms with E-state index in [-0.39, 0.29) is 22.6 Å². The monoisotopic (exact) mass is 546 g/mol. The highest BCUT2D eigenvalue weighted by Crippen LogP contribution is 2.26. The van der Waals surface area contributed by atoms with Crippen LogP contribution in [0.25, 0.3) is 11.3 Å². The first-order valence-electron chi connectivity index (χ1n) is 10.4. The highest BCUT2D eigenvalue weighted by molar-refractivity contribution is 7.99. The van der Waals surface area contributed by atoms with Crippen molar-refractivity contribution >= 4 is 63.2 Å². The molecule has 0 aliphatic heterocycles. The van der Waals surface area contributed by atoms with E-state index in [9.17, 15) is 9.59 Å². The lowest BCUT2D eigenvalue weighted by atomic mass is 10.2. The van der Waals surface area contributed by atoms with Gasteiger partial charge in [-0.1, -0.05) is 65.3 Å². The molecular weight excluding hydrogens is 527 g/mol. The van der Waals surface area contributed by atoms with Gasteiger partial charge < -0.3 is 15.2 Å². The van der Waals surface area contributed by atoms with Crippen LogP contribution in [0.3, 0.4) is 0 Å². The van der Waals surface area contributed by atoms with Gasteiger partial charge in [0.15, 0.2) is 16.1 Å². The van der Waals surface area contributed by atoms with Gasteiger partial charge in [-0.2, -0.15) is 0 Å². The van der Waals surface area contributed by atoms with E-state index in [0.717, 1.165) is 11.3 Å². The number of nitrogens with one attached hydrogen (secondary N) is 2. The maximum Gasteiger partial charge on any atom is 0.253 e. The molecule has 0 saturated carbocycles. The molecule has 2 aromatic heterocycles. The summed E-state index contributed by atoms with van der Waals surface area (Å²) in [7, 11) is 1.78. The Morgan fingerprint density at radius 2 is 1.91 bits per heavy atom. The van der Waals surface area contributed by atoms with Crippen LogP contribution in [0.4, 0.5) is 5.13 Å². The Morgan fingerprint density at radius 3 is 2.66 bits per heavy atom. The van der Waals surface area contributed by atoms with Crippen molar-refractivity contribution in [1.82, 2.24) is 25.1 Å². The van der Waals surface area contributed by atoms with E-state index in [4.69, 9.17) is 23.2 Å². The van der Waals surface area contributed by atoms with Crippen molar-refractivity contribution in [2.24, 2.45) is 7.05 Å². The van der Waals surface area contributed by atoms with Gasteiger partial charge in [-0.05, 0) is 25.1 Å². The fraction of sp³-hybridized carbons (Fsp3) is 0.174. The van der Waals surface area contributed by atoms with Crippen LogP contribution in [0.1, 0.15) is 29.1 Å². The number of rotatable bonds is 8. The molecule has 2 aromatic carbocycles. The Labute approximate surface area is 220 Å². The first kappa shape index (κ1) is 25.2. The van der Waals surface area contributed by atoms with E-state index in [1.165, 1.54) is 29.2 Å². The number of hydrogen-bond donors (Lipinski definition) is 2. The van der Waals surface area contributed by atoms with Gasteiger partial charge in [0, 0.05) is 23.0 Å². The van der Waals surface area contributed by atoms with Gasteiger partial charge in [-0.15, -0.1) is 21.5 Å². The van der Waals surface area contributed by atoms with E-state index < -0.39 is 6.04 Å². The highest BCUT2D eigenvalue weighted by atomic mass is 35.5. The zero-order valence-corrected chi connectivity index (χ0v) is 21.8. The zero-order chi connectivity index (χ0) is 24.9. The molecule has 180 valence electrons. The molecule has 4 rings (SSSR count). The molecular formula is C23H20Cl2N6O2S2. The van der Waals surface area contributed by atoms with Crippen LogP contribution in [0.5, 0.6) is 0 Å². The summed E-state index contributed by atoms with van der Waals surface area (Å²) in [4.78, 5) is 29.5. The Bertz CT molecular complexity index is 1360. The summed E-state index contributed by atoms with van der Waals surface area (Å²) >= 11 is 14.6. The van der Waals surface area contributed by atoms with E-state index in [1.807, 2.05) is 35.7 Å². The molecule has 2 amide bonds. The molecule has 0 saturated heterocycles. The lowest BCUT2D eigenvalue weighted by Crippen LogP contribution is -2.28.